The van der Waals surface area contributed by atoms with Gasteiger partial charge in [0.05, 0.1) is 25.1 Å². The van der Waals surface area contributed by atoms with Crippen molar-refractivity contribution in [1.82, 2.24) is 9.97 Å². The summed E-state index contributed by atoms with van der Waals surface area (Å²) in [5.74, 6) is 1.42. The second-order valence-corrected chi connectivity index (χ2v) is 6.06. The van der Waals surface area contributed by atoms with Gasteiger partial charge in [0.1, 0.15) is 11.6 Å². The van der Waals surface area contributed by atoms with Crippen LogP contribution < -0.4 is 20.5 Å². The third kappa shape index (κ3) is 4.83. The van der Waals surface area contributed by atoms with Gasteiger partial charge < -0.3 is 9.47 Å². The summed E-state index contributed by atoms with van der Waals surface area (Å²) in [5.41, 5.74) is 3.85. The van der Waals surface area contributed by atoms with Crippen molar-refractivity contribution in [3.8, 4) is 28.8 Å². The maximum absolute atomic E-state index is 12.3. The van der Waals surface area contributed by atoms with Crippen LogP contribution >= 0.6 is 0 Å². The Balaban J connectivity index is 1.85. The van der Waals surface area contributed by atoms with E-state index in [-0.39, 0.29) is 11.5 Å². The van der Waals surface area contributed by atoms with Crippen LogP contribution in [0, 0.1) is 11.3 Å². The first-order chi connectivity index (χ1) is 14.7. The van der Waals surface area contributed by atoms with Crippen LogP contribution in [0.4, 0.5) is 5.95 Å². The summed E-state index contributed by atoms with van der Waals surface area (Å²) in [5, 5.41) is 13.5. The van der Waals surface area contributed by atoms with Gasteiger partial charge in [0.25, 0.3) is 5.56 Å². The number of nitrogens with one attached hydrogen (secondary N) is 2. The normalized spacial score (nSPS) is 10.6. The van der Waals surface area contributed by atoms with Crippen LogP contribution in [0.3, 0.4) is 0 Å². The van der Waals surface area contributed by atoms with Crippen molar-refractivity contribution in [2.24, 2.45) is 5.10 Å². The highest BCUT2D eigenvalue weighted by atomic mass is 16.5. The Morgan fingerprint density at radius 3 is 2.57 bits per heavy atom. The van der Waals surface area contributed by atoms with Crippen molar-refractivity contribution >= 4 is 12.2 Å². The summed E-state index contributed by atoms with van der Waals surface area (Å²) in [6.45, 7) is 4.85. The van der Waals surface area contributed by atoms with Crippen molar-refractivity contribution in [1.29, 1.82) is 5.26 Å². The Bertz CT molecular complexity index is 1130. The molecular weight excluding hydrogens is 382 g/mol. The third-order valence-corrected chi connectivity index (χ3v) is 4.03. The van der Waals surface area contributed by atoms with Crippen LogP contribution in [0.15, 0.2) is 58.4 Å². The largest absolute Gasteiger partial charge is 0.490 e. The zero-order valence-electron chi connectivity index (χ0n) is 16.7. The van der Waals surface area contributed by atoms with Crippen LogP contribution in [0.2, 0.25) is 0 Å². The molecule has 0 aliphatic heterocycles. The van der Waals surface area contributed by atoms with Crippen LogP contribution in [0.1, 0.15) is 25.0 Å². The first-order valence-electron chi connectivity index (χ1n) is 9.44. The van der Waals surface area contributed by atoms with E-state index >= 15 is 0 Å². The molecule has 0 aliphatic carbocycles. The van der Waals surface area contributed by atoms with Crippen molar-refractivity contribution in [2.75, 3.05) is 18.6 Å². The fraction of sp³-hybridized carbons (Fsp3) is 0.182. The number of aromatic amines is 1. The second kappa shape index (κ2) is 9.89. The van der Waals surface area contributed by atoms with Gasteiger partial charge in [-0.15, -0.1) is 0 Å². The van der Waals surface area contributed by atoms with Gasteiger partial charge in [-0.2, -0.15) is 10.4 Å². The standard InChI is InChI=1S/C22H21N5O3/c1-3-29-18-11-10-15(12-19(18)30-4-2)14-24-27-22-25-20(16-8-6-5-7-9-16)17(13-23)21(28)26-22/h5-12,14H,3-4H2,1-2H3,(H2,25,26,27,28). The van der Waals surface area contributed by atoms with E-state index in [9.17, 15) is 10.1 Å². The highest BCUT2D eigenvalue weighted by Crippen LogP contribution is 2.28. The third-order valence-electron chi connectivity index (χ3n) is 4.03. The van der Waals surface area contributed by atoms with Crippen LogP contribution in [0.25, 0.3) is 11.3 Å². The number of benzene rings is 2. The average Bonchev–Trinajstić information content (AvgIpc) is 2.76. The molecule has 1 aromatic heterocycles. The number of H-pyrrole nitrogens is 1. The molecule has 0 unspecified atom stereocenters. The Morgan fingerprint density at radius 1 is 1.13 bits per heavy atom. The summed E-state index contributed by atoms with van der Waals surface area (Å²) in [7, 11) is 0. The number of nitriles is 1. The summed E-state index contributed by atoms with van der Waals surface area (Å²) in [6.07, 6.45) is 1.57. The van der Waals surface area contributed by atoms with Gasteiger partial charge in [0.2, 0.25) is 5.95 Å². The SMILES string of the molecule is CCOc1ccc(C=NNc2nc(-c3ccccc3)c(C#N)c(=O)[nH]2)cc1OCC. The van der Waals surface area contributed by atoms with Gasteiger partial charge in [-0.3, -0.25) is 9.78 Å². The van der Waals surface area contributed by atoms with Gasteiger partial charge in [-0.05, 0) is 37.6 Å². The Hall–Kier alpha value is -4.12. The maximum Gasteiger partial charge on any atom is 0.270 e. The van der Waals surface area contributed by atoms with Crippen molar-refractivity contribution in [3.05, 3.63) is 70.0 Å². The smallest absolute Gasteiger partial charge is 0.270 e. The zero-order chi connectivity index (χ0) is 21.3. The molecule has 0 spiro atoms. The Kier molecular flexibility index (Phi) is 6.79. The summed E-state index contributed by atoms with van der Waals surface area (Å²) < 4.78 is 11.2. The highest BCUT2D eigenvalue weighted by Gasteiger charge is 2.13. The minimum atomic E-state index is -0.538. The first kappa shape index (κ1) is 20.6. The number of anilines is 1. The van der Waals surface area contributed by atoms with Crippen LogP contribution in [0.5, 0.6) is 11.5 Å². The lowest BCUT2D eigenvalue weighted by Gasteiger charge is -2.11. The molecule has 0 saturated carbocycles. The summed E-state index contributed by atoms with van der Waals surface area (Å²) in [4.78, 5) is 19.1. The molecule has 30 heavy (non-hydrogen) atoms. The summed E-state index contributed by atoms with van der Waals surface area (Å²) >= 11 is 0. The summed E-state index contributed by atoms with van der Waals surface area (Å²) in [6, 6.07) is 16.4. The van der Waals surface area contributed by atoms with Gasteiger partial charge in [-0.1, -0.05) is 30.3 Å². The molecule has 0 saturated heterocycles. The number of rotatable bonds is 8. The molecule has 1 heterocycles. The molecule has 152 valence electrons. The lowest BCUT2D eigenvalue weighted by molar-refractivity contribution is 0.288. The van der Waals surface area contributed by atoms with Crippen LogP contribution in [-0.2, 0) is 0 Å². The quantitative estimate of drug-likeness (QED) is 0.439. The van der Waals surface area contributed by atoms with Gasteiger partial charge in [-0.25, -0.2) is 10.4 Å². The number of hydrogen-bond acceptors (Lipinski definition) is 7. The van der Waals surface area contributed by atoms with E-state index in [2.05, 4.69) is 20.5 Å². The van der Waals surface area contributed by atoms with E-state index in [0.29, 0.717) is 36.0 Å². The minimum Gasteiger partial charge on any atom is -0.490 e. The van der Waals surface area contributed by atoms with E-state index in [1.165, 1.54) is 0 Å². The lowest BCUT2D eigenvalue weighted by Crippen LogP contribution is -2.16. The maximum atomic E-state index is 12.3. The van der Waals surface area contributed by atoms with Crippen LogP contribution in [-0.4, -0.2) is 29.4 Å². The Morgan fingerprint density at radius 2 is 1.87 bits per heavy atom. The molecule has 0 bridgehead atoms. The van der Waals surface area contributed by atoms with Gasteiger partial charge in [0, 0.05) is 5.56 Å². The second-order valence-electron chi connectivity index (χ2n) is 6.06. The molecule has 8 heteroatoms. The van der Waals surface area contributed by atoms with Gasteiger partial charge >= 0.3 is 0 Å². The Labute approximate surface area is 173 Å². The highest BCUT2D eigenvalue weighted by molar-refractivity contribution is 5.81. The van der Waals surface area contributed by atoms with Crippen molar-refractivity contribution < 1.29 is 9.47 Å². The molecule has 3 aromatic rings. The van der Waals surface area contributed by atoms with E-state index in [1.807, 2.05) is 56.3 Å². The van der Waals surface area contributed by atoms with E-state index in [1.54, 1.807) is 18.3 Å². The number of ether oxygens (including phenoxy) is 2. The molecular formula is C22H21N5O3. The number of aromatic nitrogens is 2. The van der Waals surface area contributed by atoms with E-state index in [4.69, 9.17) is 9.47 Å². The first-order valence-corrected chi connectivity index (χ1v) is 9.44. The predicted octanol–water partition coefficient (Wildman–Crippen LogP) is 3.55. The molecule has 0 radical (unpaired) electrons. The number of nitrogens with zero attached hydrogens (tertiary/aromatic N) is 3. The van der Waals surface area contributed by atoms with E-state index < -0.39 is 5.56 Å². The molecule has 8 nitrogen and oxygen atoms in total. The number of hydrazone groups is 1. The lowest BCUT2D eigenvalue weighted by atomic mass is 10.1. The molecule has 0 atom stereocenters. The van der Waals surface area contributed by atoms with E-state index in [0.717, 1.165) is 5.56 Å². The monoisotopic (exact) mass is 403 g/mol. The molecule has 3 rings (SSSR count). The fourth-order valence-electron chi connectivity index (χ4n) is 2.75. The van der Waals surface area contributed by atoms with Gasteiger partial charge in [0.15, 0.2) is 11.5 Å². The average molecular weight is 403 g/mol. The molecule has 0 aliphatic rings. The minimum absolute atomic E-state index is 0.0522. The molecule has 2 N–H and O–H groups in total. The van der Waals surface area contributed by atoms with Crippen molar-refractivity contribution in [3.63, 3.8) is 0 Å². The zero-order valence-corrected chi connectivity index (χ0v) is 16.7. The molecule has 0 fully saturated rings. The molecule has 2 aromatic carbocycles. The predicted molar refractivity (Wildman–Crippen MR) is 115 cm³/mol. The van der Waals surface area contributed by atoms with Crippen molar-refractivity contribution in [2.45, 2.75) is 13.8 Å². The number of hydrogen-bond donors (Lipinski definition) is 2. The fourth-order valence-corrected chi connectivity index (χ4v) is 2.75. The topological polar surface area (TPSA) is 112 Å². The molecule has 0 amide bonds.